The summed E-state index contributed by atoms with van der Waals surface area (Å²) in [6.45, 7) is 1.28. The van der Waals surface area contributed by atoms with Crippen molar-refractivity contribution in [3.05, 3.63) is 24.0 Å². The van der Waals surface area contributed by atoms with Crippen LogP contribution in [0.1, 0.15) is 24.8 Å². The smallest absolute Gasteiger partial charge is 0.224 e. The van der Waals surface area contributed by atoms with E-state index in [1.807, 2.05) is 0 Å². The first-order chi connectivity index (χ1) is 10.1. The van der Waals surface area contributed by atoms with Crippen molar-refractivity contribution in [2.24, 2.45) is 5.41 Å². The van der Waals surface area contributed by atoms with Crippen molar-refractivity contribution in [1.29, 1.82) is 0 Å². The van der Waals surface area contributed by atoms with Crippen molar-refractivity contribution in [3.63, 3.8) is 0 Å². The molecule has 2 fully saturated rings. The fourth-order valence-corrected chi connectivity index (χ4v) is 3.40. The average Bonchev–Trinajstić information content (AvgIpc) is 2.48. The number of aliphatic hydroxyl groups is 1. The predicted octanol–water partition coefficient (Wildman–Crippen LogP) is 0.376. The van der Waals surface area contributed by atoms with Crippen LogP contribution in [0.3, 0.4) is 0 Å². The maximum atomic E-state index is 12.1. The number of rotatable bonds is 3. The first-order valence-electron chi connectivity index (χ1n) is 7.28. The van der Waals surface area contributed by atoms with Gasteiger partial charge >= 0.3 is 0 Å². The first kappa shape index (κ1) is 14.3. The Morgan fingerprint density at radius 2 is 2.19 bits per heavy atom. The van der Waals surface area contributed by atoms with E-state index < -0.39 is 0 Å². The lowest BCUT2D eigenvalue weighted by atomic mass is 9.58. The maximum Gasteiger partial charge on any atom is 0.224 e. The molecule has 21 heavy (non-hydrogen) atoms. The number of carbonyl (C=O) groups is 1. The van der Waals surface area contributed by atoms with Gasteiger partial charge in [0.25, 0.3) is 0 Å². The van der Waals surface area contributed by atoms with E-state index in [9.17, 15) is 15.0 Å². The van der Waals surface area contributed by atoms with Crippen LogP contribution in [0.25, 0.3) is 0 Å². The van der Waals surface area contributed by atoms with Gasteiger partial charge in [0.05, 0.1) is 18.7 Å². The fraction of sp³-hybridized carbons (Fsp3) is 0.600. The normalized spacial score (nSPS) is 27.1. The van der Waals surface area contributed by atoms with E-state index in [1.165, 1.54) is 12.3 Å². The molecular weight excluding hydrogens is 272 g/mol. The zero-order valence-corrected chi connectivity index (χ0v) is 11.8. The summed E-state index contributed by atoms with van der Waals surface area (Å²) in [6, 6.07) is 1.54. The minimum Gasteiger partial charge on any atom is -0.506 e. The number of hydrogen-bond donors (Lipinski definition) is 3. The van der Waals surface area contributed by atoms with Crippen molar-refractivity contribution in [2.75, 3.05) is 13.2 Å². The standard InChI is InChI=1S/C15H20N2O4/c18-11-5-10(8-16-9-11)6-14(20)17-12-7-13(19)15(12)1-3-21-4-2-15/h5,8-9,12-13,18-19H,1-4,6-7H2,(H,17,20)/t12-,13-/m1/s1. The van der Waals surface area contributed by atoms with Crippen molar-refractivity contribution in [3.8, 4) is 5.75 Å². The fourth-order valence-electron chi connectivity index (χ4n) is 3.40. The Bertz CT molecular complexity index is 528. The molecule has 1 saturated carbocycles. The summed E-state index contributed by atoms with van der Waals surface area (Å²) in [5, 5.41) is 22.5. The summed E-state index contributed by atoms with van der Waals surface area (Å²) >= 11 is 0. The molecule has 6 heteroatoms. The Morgan fingerprint density at radius 1 is 1.43 bits per heavy atom. The third-order valence-corrected chi connectivity index (χ3v) is 4.72. The highest BCUT2D eigenvalue weighted by Gasteiger charge is 2.55. The average molecular weight is 292 g/mol. The number of nitrogens with zero attached hydrogens (tertiary/aromatic N) is 1. The van der Waals surface area contributed by atoms with E-state index >= 15 is 0 Å². The number of pyridine rings is 1. The van der Waals surface area contributed by atoms with Gasteiger partial charge in [0.15, 0.2) is 0 Å². The molecule has 1 aliphatic heterocycles. The Balaban J connectivity index is 1.60. The number of aromatic nitrogens is 1. The molecule has 2 heterocycles. The van der Waals surface area contributed by atoms with E-state index in [4.69, 9.17) is 4.74 Å². The molecule has 1 aromatic rings. The molecule has 6 nitrogen and oxygen atoms in total. The monoisotopic (exact) mass is 292 g/mol. The third kappa shape index (κ3) is 2.73. The molecule has 114 valence electrons. The topological polar surface area (TPSA) is 91.7 Å². The van der Waals surface area contributed by atoms with Gasteiger partial charge in [-0.05, 0) is 30.9 Å². The second kappa shape index (κ2) is 5.61. The molecule has 1 spiro atoms. The van der Waals surface area contributed by atoms with Crippen LogP contribution in [0.15, 0.2) is 18.5 Å². The highest BCUT2D eigenvalue weighted by atomic mass is 16.5. The van der Waals surface area contributed by atoms with Gasteiger partial charge in [-0.2, -0.15) is 0 Å². The van der Waals surface area contributed by atoms with E-state index in [1.54, 1.807) is 6.20 Å². The number of ether oxygens (including phenoxy) is 1. The molecule has 1 aliphatic carbocycles. The summed E-state index contributed by atoms with van der Waals surface area (Å²) in [4.78, 5) is 16.0. The molecule has 2 aliphatic rings. The predicted molar refractivity (Wildman–Crippen MR) is 74.6 cm³/mol. The molecule has 0 bridgehead atoms. The highest BCUT2D eigenvalue weighted by Crippen LogP contribution is 2.48. The second-order valence-corrected chi connectivity index (χ2v) is 5.95. The van der Waals surface area contributed by atoms with Crippen LogP contribution in [-0.2, 0) is 16.0 Å². The van der Waals surface area contributed by atoms with Gasteiger partial charge in [0.1, 0.15) is 5.75 Å². The van der Waals surface area contributed by atoms with Gasteiger partial charge in [-0.15, -0.1) is 0 Å². The van der Waals surface area contributed by atoms with Gasteiger partial charge in [-0.3, -0.25) is 9.78 Å². The van der Waals surface area contributed by atoms with E-state index in [-0.39, 0.29) is 35.6 Å². The Kier molecular flexibility index (Phi) is 3.82. The van der Waals surface area contributed by atoms with Crippen LogP contribution in [0.5, 0.6) is 5.75 Å². The lowest BCUT2D eigenvalue weighted by Gasteiger charge is -2.55. The highest BCUT2D eigenvalue weighted by molar-refractivity contribution is 5.79. The minimum atomic E-state index is -0.353. The van der Waals surface area contributed by atoms with Gasteiger partial charge in [0.2, 0.25) is 5.91 Å². The van der Waals surface area contributed by atoms with Crippen molar-refractivity contribution >= 4 is 5.91 Å². The molecule has 3 rings (SSSR count). The summed E-state index contributed by atoms with van der Waals surface area (Å²) in [6.07, 6.45) is 4.90. The minimum absolute atomic E-state index is 0.00849. The van der Waals surface area contributed by atoms with E-state index in [0.717, 1.165) is 12.8 Å². The lowest BCUT2D eigenvalue weighted by molar-refractivity contribution is -0.155. The zero-order chi connectivity index (χ0) is 14.9. The molecular formula is C15H20N2O4. The number of carbonyl (C=O) groups excluding carboxylic acids is 1. The summed E-state index contributed by atoms with van der Waals surface area (Å²) in [5.41, 5.74) is 0.457. The molecule has 0 aromatic carbocycles. The maximum absolute atomic E-state index is 12.1. The number of nitrogens with one attached hydrogen (secondary N) is 1. The van der Waals surface area contributed by atoms with Crippen LogP contribution in [0, 0.1) is 5.41 Å². The third-order valence-electron chi connectivity index (χ3n) is 4.72. The SMILES string of the molecule is O=C(Cc1cncc(O)c1)N[C@@H]1C[C@@H](O)C12CCOCC2. The molecule has 0 radical (unpaired) electrons. The zero-order valence-electron chi connectivity index (χ0n) is 11.8. The summed E-state index contributed by atoms with van der Waals surface area (Å²) in [7, 11) is 0. The number of hydrogen-bond acceptors (Lipinski definition) is 5. The molecule has 1 aromatic heterocycles. The van der Waals surface area contributed by atoms with Crippen molar-refractivity contribution in [2.45, 2.75) is 37.8 Å². The van der Waals surface area contributed by atoms with Crippen LogP contribution < -0.4 is 5.32 Å². The molecule has 1 amide bonds. The number of aromatic hydroxyl groups is 1. The Morgan fingerprint density at radius 3 is 2.86 bits per heavy atom. The van der Waals surface area contributed by atoms with Crippen LogP contribution in [0.2, 0.25) is 0 Å². The Labute approximate surface area is 123 Å². The number of amides is 1. The summed E-state index contributed by atoms with van der Waals surface area (Å²) < 4.78 is 5.35. The number of aliphatic hydroxyl groups excluding tert-OH is 1. The molecule has 1 saturated heterocycles. The molecule has 0 unspecified atom stereocenters. The molecule has 2 atom stereocenters. The van der Waals surface area contributed by atoms with Gasteiger partial charge in [-0.25, -0.2) is 0 Å². The van der Waals surface area contributed by atoms with E-state index in [0.29, 0.717) is 25.2 Å². The van der Waals surface area contributed by atoms with Crippen LogP contribution in [-0.4, -0.2) is 46.5 Å². The van der Waals surface area contributed by atoms with Crippen LogP contribution in [0.4, 0.5) is 0 Å². The lowest BCUT2D eigenvalue weighted by Crippen LogP contribution is -2.65. The van der Waals surface area contributed by atoms with Gasteiger partial charge < -0.3 is 20.3 Å². The quantitative estimate of drug-likeness (QED) is 0.749. The largest absolute Gasteiger partial charge is 0.506 e. The molecule has 3 N–H and O–H groups in total. The van der Waals surface area contributed by atoms with Gasteiger partial charge in [-0.1, -0.05) is 0 Å². The summed E-state index contributed by atoms with van der Waals surface area (Å²) in [5.74, 6) is -0.0505. The first-order valence-corrected chi connectivity index (χ1v) is 7.28. The second-order valence-electron chi connectivity index (χ2n) is 5.95. The van der Waals surface area contributed by atoms with Crippen molar-refractivity contribution in [1.82, 2.24) is 10.3 Å². The van der Waals surface area contributed by atoms with E-state index in [2.05, 4.69) is 10.3 Å². The Hall–Kier alpha value is -1.66. The van der Waals surface area contributed by atoms with Gasteiger partial charge in [0, 0.05) is 30.9 Å². The van der Waals surface area contributed by atoms with Crippen LogP contribution >= 0.6 is 0 Å². The van der Waals surface area contributed by atoms with Crippen molar-refractivity contribution < 1.29 is 19.7 Å².